The van der Waals surface area contributed by atoms with Gasteiger partial charge in [-0.25, -0.2) is 4.39 Å². The second-order valence-electron chi connectivity index (χ2n) is 6.11. The van der Waals surface area contributed by atoms with Crippen molar-refractivity contribution in [1.29, 1.82) is 0 Å². The fourth-order valence-corrected chi connectivity index (χ4v) is 2.88. The molecule has 0 radical (unpaired) electrons. The lowest BCUT2D eigenvalue weighted by Gasteiger charge is -2.34. The molecule has 0 amide bonds. The van der Waals surface area contributed by atoms with Gasteiger partial charge in [0.1, 0.15) is 36.4 Å². The lowest BCUT2D eigenvalue weighted by molar-refractivity contribution is -0.0857. The first-order valence-corrected chi connectivity index (χ1v) is 7.69. The van der Waals surface area contributed by atoms with E-state index >= 15 is 0 Å². The Morgan fingerprint density at radius 2 is 1.50 bits per heavy atom. The zero-order valence-electron chi connectivity index (χ0n) is 12.8. The van der Waals surface area contributed by atoms with Crippen LogP contribution in [0.4, 0.5) is 4.39 Å². The smallest absolute Gasteiger partial charge is 0.256 e. The number of epoxide rings is 2. The van der Waals surface area contributed by atoms with Crippen molar-refractivity contribution in [2.75, 3.05) is 19.8 Å². The number of rotatable bonds is 6. The minimum atomic E-state index is -1.76. The number of halogens is 1. The van der Waals surface area contributed by atoms with Crippen molar-refractivity contribution in [3.63, 3.8) is 0 Å². The lowest BCUT2D eigenvalue weighted by Crippen LogP contribution is -2.39. The van der Waals surface area contributed by atoms with Crippen molar-refractivity contribution in [3.8, 4) is 11.5 Å². The Kier molecular flexibility index (Phi) is 3.49. The third-order valence-electron chi connectivity index (χ3n) is 4.35. The minimum absolute atomic E-state index is 0.0137. The number of alkyl halides is 1. The first kappa shape index (κ1) is 15.4. The van der Waals surface area contributed by atoms with Gasteiger partial charge in [0.25, 0.3) is 5.85 Å². The molecule has 0 spiro atoms. The van der Waals surface area contributed by atoms with E-state index in [-0.39, 0.29) is 30.8 Å². The van der Waals surface area contributed by atoms with E-state index in [1.54, 1.807) is 48.5 Å². The highest BCUT2D eigenvalue weighted by atomic mass is 19.2. The van der Waals surface area contributed by atoms with E-state index in [2.05, 4.69) is 0 Å². The van der Waals surface area contributed by atoms with Crippen LogP contribution in [-0.2, 0) is 19.8 Å². The van der Waals surface area contributed by atoms with Crippen LogP contribution in [0.2, 0.25) is 0 Å². The van der Waals surface area contributed by atoms with E-state index < -0.39 is 11.5 Å². The molecule has 2 heterocycles. The molecule has 2 aliphatic rings. The molecule has 5 nitrogen and oxygen atoms in total. The number of benzene rings is 2. The highest BCUT2D eigenvalue weighted by Gasteiger charge is 2.55. The van der Waals surface area contributed by atoms with Crippen molar-refractivity contribution in [2.45, 2.75) is 17.6 Å². The molecule has 0 saturated carbocycles. The number of hydrogen-bond donors (Lipinski definition) is 2. The fourth-order valence-electron chi connectivity index (χ4n) is 2.88. The predicted molar refractivity (Wildman–Crippen MR) is 82.5 cm³/mol. The summed E-state index contributed by atoms with van der Waals surface area (Å²) in [6.07, 6.45) is -0.283. The van der Waals surface area contributed by atoms with Crippen LogP contribution < -0.4 is 0 Å². The Morgan fingerprint density at radius 3 is 1.88 bits per heavy atom. The maximum Gasteiger partial charge on any atom is 0.256 e. The maximum absolute atomic E-state index is 14.0. The standard InChI is InChI=1S/C18H17FO5/c19-17(10-23-17)11-24-18(16-9-22-16,12-1-5-14(20)6-2-12)13-3-7-15(21)8-4-13/h1-8,16,20-21H,9-11H2. The molecule has 0 aromatic heterocycles. The summed E-state index contributed by atoms with van der Waals surface area (Å²) in [6, 6.07) is 13.1. The molecule has 2 aromatic rings. The van der Waals surface area contributed by atoms with Crippen LogP contribution in [0.15, 0.2) is 48.5 Å². The fraction of sp³-hybridized carbons (Fsp3) is 0.333. The topological polar surface area (TPSA) is 74.8 Å². The van der Waals surface area contributed by atoms with Crippen molar-refractivity contribution in [1.82, 2.24) is 0 Å². The van der Waals surface area contributed by atoms with Crippen LogP contribution in [0.1, 0.15) is 11.1 Å². The van der Waals surface area contributed by atoms with Crippen LogP contribution in [0.25, 0.3) is 0 Å². The maximum atomic E-state index is 14.0. The summed E-state index contributed by atoms with van der Waals surface area (Å²) in [4.78, 5) is 0. The van der Waals surface area contributed by atoms with E-state index in [9.17, 15) is 14.6 Å². The number of ether oxygens (including phenoxy) is 3. The molecule has 0 aliphatic carbocycles. The minimum Gasteiger partial charge on any atom is -0.508 e. The van der Waals surface area contributed by atoms with Gasteiger partial charge >= 0.3 is 0 Å². The van der Waals surface area contributed by atoms with Gasteiger partial charge in [0.2, 0.25) is 0 Å². The van der Waals surface area contributed by atoms with Crippen molar-refractivity contribution >= 4 is 0 Å². The summed E-state index contributed by atoms with van der Waals surface area (Å²) >= 11 is 0. The van der Waals surface area contributed by atoms with Crippen LogP contribution >= 0.6 is 0 Å². The van der Waals surface area contributed by atoms with Gasteiger partial charge in [0.05, 0.1) is 6.61 Å². The number of aromatic hydroxyl groups is 2. The van der Waals surface area contributed by atoms with Gasteiger partial charge < -0.3 is 24.4 Å². The lowest BCUT2D eigenvalue weighted by atomic mass is 9.83. The third-order valence-corrected chi connectivity index (χ3v) is 4.35. The highest BCUT2D eigenvalue weighted by molar-refractivity contribution is 5.43. The third kappa shape index (κ3) is 2.73. The summed E-state index contributed by atoms with van der Waals surface area (Å²) in [7, 11) is 0. The molecule has 2 saturated heterocycles. The molecular formula is C18H17FO5. The monoisotopic (exact) mass is 332 g/mol. The second kappa shape index (κ2) is 5.44. The van der Waals surface area contributed by atoms with Crippen LogP contribution in [0, 0.1) is 0 Å². The Morgan fingerprint density at radius 1 is 1.04 bits per heavy atom. The van der Waals surface area contributed by atoms with Gasteiger partial charge in [0, 0.05) is 0 Å². The average molecular weight is 332 g/mol. The van der Waals surface area contributed by atoms with Crippen molar-refractivity contribution in [3.05, 3.63) is 59.7 Å². The molecule has 2 unspecified atom stereocenters. The quantitative estimate of drug-likeness (QED) is 0.795. The van der Waals surface area contributed by atoms with Crippen LogP contribution in [-0.4, -0.2) is 42.0 Å². The molecule has 2 aromatic carbocycles. The van der Waals surface area contributed by atoms with E-state index in [4.69, 9.17) is 14.2 Å². The first-order valence-electron chi connectivity index (χ1n) is 7.69. The second-order valence-corrected chi connectivity index (χ2v) is 6.11. The van der Waals surface area contributed by atoms with Gasteiger partial charge in [-0.2, -0.15) is 0 Å². The van der Waals surface area contributed by atoms with Gasteiger partial charge in [-0.3, -0.25) is 0 Å². The molecule has 24 heavy (non-hydrogen) atoms. The van der Waals surface area contributed by atoms with Crippen molar-refractivity contribution < 1.29 is 28.8 Å². The molecule has 4 rings (SSSR count). The van der Waals surface area contributed by atoms with E-state index in [0.717, 1.165) is 11.1 Å². The van der Waals surface area contributed by atoms with Gasteiger partial charge in [-0.15, -0.1) is 0 Å². The molecule has 0 bridgehead atoms. The SMILES string of the molecule is Oc1ccc(C(OCC2(F)CO2)(c2ccc(O)cc2)C2CO2)cc1. The predicted octanol–water partition coefficient (Wildman–Crippen LogP) is 2.45. The zero-order valence-corrected chi connectivity index (χ0v) is 12.8. The average Bonchev–Trinajstić information content (AvgIpc) is 3.49. The molecule has 6 heteroatoms. The summed E-state index contributed by atoms with van der Waals surface area (Å²) < 4.78 is 30.4. The molecule has 2 fully saturated rings. The molecular weight excluding hydrogens is 315 g/mol. The van der Waals surface area contributed by atoms with Crippen molar-refractivity contribution in [2.24, 2.45) is 0 Å². The largest absolute Gasteiger partial charge is 0.508 e. The molecule has 2 atom stereocenters. The summed E-state index contributed by atoms with van der Waals surface area (Å²) in [5.74, 6) is -1.50. The molecule has 2 aliphatic heterocycles. The highest BCUT2D eigenvalue weighted by Crippen LogP contribution is 2.46. The normalized spacial score (nSPS) is 25.5. The van der Waals surface area contributed by atoms with Gasteiger partial charge in [0.15, 0.2) is 0 Å². The Hall–Kier alpha value is -2.15. The number of hydrogen-bond acceptors (Lipinski definition) is 5. The van der Waals surface area contributed by atoms with E-state index in [1.165, 1.54) is 0 Å². The number of phenolic OH excluding ortho intramolecular Hbond substituents is 2. The summed E-state index contributed by atoms with van der Waals surface area (Å²) in [6.45, 7) is 0.260. The van der Waals surface area contributed by atoms with E-state index in [1.807, 2.05) is 0 Å². The molecule has 126 valence electrons. The molecule has 2 N–H and O–H groups in total. The Balaban J connectivity index is 1.79. The van der Waals surface area contributed by atoms with E-state index in [0.29, 0.717) is 6.61 Å². The summed E-state index contributed by atoms with van der Waals surface area (Å²) in [5.41, 5.74) is 0.433. The Bertz CT molecular complexity index is 675. The van der Waals surface area contributed by atoms with Gasteiger partial charge in [-0.05, 0) is 35.4 Å². The van der Waals surface area contributed by atoms with Crippen LogP contribution in [0.3, 0.4) is 0 Å². The summed E-state index contributed by atoms with van der Waals surface area (Å²) in [5, 5.41) is 19.1. The first-order chi connectivity index (χ1) is 11.5. The Labute approximate surface area is 138 Å². The zero-order chi connectivity index (χ0) is 16.8. The van der Waals surface area contributed by atoms with Gasteiger partial charge in [-0.1, -0.05) is 24.3 Å². The number of phenols is 2. The van der Waals surface area contributed by atoms with Crippen LogP contribution in [0.5, 0.6) is 11.5 Å².